The van der Waals surface area contributed by atoms with Gasteiger partial charge in [-0.1, -0.05) is 0 Å². The van der Waals surface area contributed by atoms with E-state index < -0.39 is 0 Å². The molecule has 4 rings (SSSR count). The lowest BCUT2D eigenvalue weighted by molar-refractivity contribution is 0.238. The first-order valence-corrected chi connectivity index (χ1v) is 8.86. The third-order valence-corrected chi connectivity index (χ3v) is 5.68. The van der Waals surface area contributed by atoms with E-state index in [-0.39, 0.29) is 0 Å². The number of hydrogen-bond donors (Lipinski definition) is 0. The summed E-state index contributed by atoms with van der Waals surface area (Å²) >= 11 is 1.76. The maximum Gasteiger partial charge on any atom is 0.126 e. The van der Waals surface area contributed by atoms with E-state index in [1.165, 1.54) is 67.2 Å². The molecule has 112 valence electrons. The van der Waals surface area contributed by atoms with Crippen LogP contribution in [-0.2, 0) is 26.4 Å². The molecule has 0 aromatic carbocycles. The molecule has 1 atom stereocenters. The molecule has 1 aliphatic heterocycles. The third kappa shape index (κ3) is 2.42. The standard InChI is InChI=1S/C16H22N4S/c1-19-14-6-3-2-5-13(14)18-16(19)15-7-4-8-20(15)10-12-9-17-11-21-12/h9,11,15H,2-8,10H2,1H3. The lowest BCUT2D eigenvalue weighted by atomic mass is 10.0. The smallest absolute Gasteiger partial charge is 0.126 e. The van der Waals surface area contributed by atoms with Crippen LogP contribution in [0.4, 0.5) is 0 Å². The van der Waals surface area contributed by atoms with Crippen molar-refractivity contribution in [3.8, 4) is 0 Å². The molecule has 21 heavy (non-hydrogen) atoms. The van der Waals surface area contributed by atoms with Gasteiger partial charge in [-0.05, 0) is 45.1 Å². The largest absolute Gasteiger partial charge is 0.334 e. The summed E-state index contributed by atoms with van der Waals surface area (Å²) in [4.78, 5) is 13.2. The van der Waals surface area contributed by atoms with Crippen LogP contribution in [0.2, 0.25) is 0 Å². The Hall–Kier alpha value is -1.20. The van der Waals surface area contributed by atoms with Crippen molar-refractivity contribution >= 4 is 11.3 Å². The van der Waals surface area contributed by atoms with Gasteiger partial charge in [-0.3, -0.25) is 9.88 Å². The molecule has 1 saturated heterocycles. The van der Waals surface area contributed by atoms with Crippen LogP contribution in [0.5, 0.6) is 0 Å². The second kappa shape index (κ2) is 5.54. The molecule has 0 spiro atoms. The highest BCUT2D eigenvalue weighted by Gasteiger charge is 2.31. The van der Waals surface area contributed by atoms with Crippen LogP contribution >= 0.6 is 11.3 Å². The first kappa shape index (κ1) is 13.5. The van der Waals surface area contributed by atoms with E-state index in [2.05, 4.69) is 21.5 Å². The summed E-state index contributed by atoms with van der Waals surface area (Å²) in [5.74, 6) is 1.30. The van der Waals surface area contributed by atoms with Crippen molar-refractivity contribution in [2.75, 3.05) is 6.54 Å². The lowest BCUT2D eigenvalue weighted by Gasteiger charge is -2.23. The van der Waals surface area contributed by atoms with E-state index >= 15 is 0 Å². The van der Waals surface area contributed by atoms with Gasteiger partial charge in [0.2, 0.25) is 0 Å². The van der Waals surface area contributed by atoms with Gasteiger partial charge in [-0.15, -0.1) is 11.3 Å². The highest BCUT2D eigenvalue weighted by molar-refractivity contribution is 7.09. The predicted octanol–water partition coefficient (Wildman–Crippen LogP) is 3.09. The number of likely N-dealkylation sites (tertiary alicyclic amines) is 1. The summed E-state index contributed by atoms with van der Waals surface area (Å²) in [7, 11) is 2.22. The quantitative estimate of drug-likeness (QED) is 0.873. The third-order valence-electron chi connectivity index (χ3n) is 4.91. The van der Waals surface area contributed by atoms with Crippen LogP contribution in [0.25, 0.3) is 0 Å². The molecule has 0 amide bonds. The zero-order valence-corrected chi connectivity index (χ0v) is 13.4. The van der Waals surface area contributed by atoms with Gasteiger partial charge in [-0.2, -0.15) is 0 Å². The van der Waals surface area contributed by atoms with Crippen LogP contribution in [0, 0.1) is 0 Å². The molecule has 2 aromatic rings. The van der Waals surface area contributed by atoms with Gasteiger partial charge < -0.3 is 4.57 Å². The van der Waals surface area contributed by atoms with E-state index in [0.29, 0.717) is 6.04 Å². The molecular weight excluding hydrogens is 280 g/mol. The van der Waals surface area contributed by atoms with E-state index in [4.69, 9.17) is 4.98 Å². The molecule has 0 saturated carbocycles. The average Bonchev–Trinajstić information content (AvgIpc) is 3.21. The van der Waals surface area contributed by atoms with E-state index in [1.54, 1.807) is 11.3 Å². The molecule has 4 nitrogen and oxygen atoms in total. The summed E-state index contributed by atoms with van der Waals surface area (Å²) in [6, 6.07) is 0.489. The van der Waals surface area contributed by atoms with Crippen molar-refractivity contribution in [2.24, 2.45) is 7.05 Å². The minimum Gasteiger partial charge on any atom is -0.334 e. The van der Waals surface area contributed by atoms with Crippen LogP contribution in [0.15, 0.2) is 11.7 Å². The van der Waals surface area contributed by atoms with Crippen molar-refractivity contribution in [2.45, 2.75) is 51.1 Å². The summed E-state index contributed by atoms with van der Waals surface area (Å²) in [6.07, 6.45) is 9.53. The predicted molar refractivity (Wildman–Crippen MR) is 84.3 cm³/mol. The summed E-state index contributed by atoms with van der Waals surface area (Å²) in [6.45, 7) is 2.20. The molecule has 2 aliphatic rings. The molecule has 1 unspecified atom stereocenters. The van der Waals surface area contributed by atoms with Gasteiger partial charge in [0.15, 0.2) is 0 Å². The minimum absolute atomic E-state index is 0.489. The average molecular weight is 302 g/mol. The number of hydrogen-bond acceptors (Lipinski definition) is 4. The van der Waals surface area contributed by atoms with Crippen molar-refractivity contribution in [1.82, 2.24) is 19.4 Å². The van der Waals surface area contributed by atoms with Crippen LogP contribution in [0.3, 0.4) is 0 Å². The Morgan fingerprint density at radius 1 is 1.29 bits per heavy atom. The van der Waals surface area contributed by atoms with Crippen molar-refractivity contribution in [3.05, 3.63) is 33.8 Å². The number of thiazole rings is 1. The second-order valence-electron chi connectivity index (χ2n) is 6.23. The van der Waals surface area contributed by atoms with Gasteiger partial charge >= 0.3 is 0 Å². The maximum absolute atomic E-state index is 5.02. The molecule has 5 heteroatoms. The molecule has 1 aliphatic carbocycles. The fourth-order valence-electron chi connectivity index (χ4n) is 3.83. The van der Waals surface area contributed by atoms with Crippen LogP contribution in [-0.4, -0.2) is 26.0 Å². The number of nitrogens with zero attached hydrogens (tertiary/aromatic N) is 4. The number of fused-ring (bicyclic) bond motifs is 1. The minimum atomic E-state index is 0.489. The van der Waals surface area contributed by atoms with Crippen molar-refractivity contribution < 1.29 is 0 Å². The fraction of sp³-hybridized carbons (Fsp3) is 0.625. The van der Waals surface area contributed by atoms with Gasteiger partial charge in [0, 0.05) is 30.4 Å². The number of aromatic nitrogens is 3. The highest BCUT2D eigenvalue weighted by Crippen LogP contribution is 2.35. The van der Waals surface area contributed by atoms with Gasteiger partial charge in [-0.25, -0.2) is 4.98 Å². The van der Waals surface area contributed by atoms with E-state index in [0.717, 1.165) is 6.54 Å². The monoisotopic (exact) mass is 302 g/mol. The Balaban J connectivity index is 1.61. The molecule has 3 heterocycles. The first-order valence-electron chi connectivity index (χ1n) is 7.98. The summed E-state index contributed by atoms with van der Waals surface area (Å²) in [5, 5.41) is 0. The molecule has 2 aromatic heterocycles. The Kier molecular flexibility index (Phi) is 3.55. The summed E-state index contributed by atoms with van der Waals surface area (Å²) < 4.78 is 2.39. The van der Waals surface area contributed by atoms with Crippen molar-refractivity contribution in [1.29, 1.82) is 0 Å². The van der Waals surface area contributed by atoms with Crippen LogP contribution in [0.1, 0.15) is 53.8 Å². The zero-order chi connectivity index (χ0) is 14.2. The zero-order valence-electron chi connectivity index (χ0n) is 12.6. The van der Waals surface area contributed by atoms with E-state index in [1.807, 2.05) is 11.7 Å². The number of rotatable bonds is 3. The Morgan fingerprint density at radius 2 is 2.19 bits per heavy atom. The maximum atomic E-state index is 5.02. The topological polar surface area (TPSA) is 34.0 Å². The fourth-order valence-corrected chi connectivity index (χ4v) is 4.45. The normalized spacial score (nSPS) is 22.6. The van der Waals surface area contributed by atoms with Gasteiger partial charge in [0.05, 0.1) is 17.2 Å². The molecule has 1 fully saturated rings. The van der Waals surface area contributed by atoms with Gasteiger partial charge in [0.1, 0.15) is 5.82 Å². The summed E-state index contributed by atoms with van der Waals surface area (Å²) in [5.41, 5.74) is 4.78. The van der Waals surface area contributed by atoms with E-state index in [9.17, 15) is 0 Å². The molecule has 0 bridgehead atoms. The molecule has 0 N–H and O–H groups in total. The Morgan fingerprint density at radius 3 is 3.00 bits per heavy atom. The lowest BCUT2D eigenvalue weighted by Crippen LogP contribution is -2.24. The Labute approximate surface area is 129 Å². The molecule has 0 radical (unpaired) electrons. The highest BCUT2D eigenvalue weighted by atomic mass is 32.1. The number of imidazole rings is 1. The molecular formula is C16H22N4S. The van der Waals surface area contributed by atoms with Crippen LogP contribution < -0.4 is 0 Å². The SMILES string of the molecule is Cn1c(C2CCCN2Cc2cncs2)nc2c1CCCC2. The Bertz CT molecular complexity index is 617. The second-order valence-corrected chi connectivity index (χ2v) is 7.20. The van der Waals surface area contributed by atoms with Crippen molar-refractivity contribution in [3.63, 3.8) is 0 Å². The van der Waals surface area contributed by atoms with Gasteiger partial charge in [0.25, 0.3) is 0 Å². The number of aryl methyl sites for hydroxylation is 1. The first-order chi connectivity index (χ1) is 10.3.